The van der Waals surface area contributed by atoms with E-state index in [4.69, 9.17) is 17.3 Å². The summed E-state index contributed by atoms with van der Waals surface area (Å²) in [5, 5.41) is 0.621. The van der Waals surface area contributed by atoms with Crippen molar-refractivity contribution < 1.29 is 4.79 Å². The number of fused-ring (bicyclic) bond motifs is 1. The van der Waals surface area contributed by atoms with Gasteiger partial charge in [-0.2, -0.15) is 0 Å². The van der Waals surface area contributed by atoms with Gasteiger partial charge in [0.05, 0.1) is 16.8 Å². The number of nitrogens with zero attached hydrogens (tertiary/aromatic N) is 1. The van der Waals surface area contributed by atoms with Crippen molar-refractivity contribution in [2.75, 3.05) is 11.4 Å². The molecule has 3 rings (SSSR count). The van der Waals surface area contributed by atoms with Crippen molar-refractivity contribution in [3.05, 3.63) is 29.3 Å². The van der Waals surface area contributed by atoms with Crippen molar-refractivity contribution in [2.24, 2.45) is 17.6 Å². The number of halogens is 1. The zero-order valence-corrected chi connectivity index (χ0v) is 9.52. The Kier molecular flexibility index (Phi) is 2.19. The van der Waals surface area contributed by atoms with Crippen molar-refractivity contribution in [1.82, 2.24) is 0 Å². The molecule has 2 aliphatic rings. The first-order valence-electron chi connectivity index (χ1n) is 5.51. The predicted molar refractivity (Wildman–Crippen MR) is 63.4 cm³/mol. The molecule has 16 heavy (non-hydrogen) atoms. The van der Waals surface area contributed by atoms with Crippen LogP contribution in [0.25, 0.3) is 0 Å². The van der Waals surface area contributed by atoms with Gasteiger partial charge in [0.2, 0.25) is 5.91 Å². The third kappa shape index (κ3) is 1.28. The highest BCUT2D eigenvalue weighted by molar-refractivity contribution is 6.34. The Morgan fingerprint density at radius 3 is 2.88 bits per heavy atom. The molecule has 0 spiro atoms. The van der Waals surface area contributed by atoms with Gasteiger partial charge >= 0.3 is 0 Å². The Morgan fingerprint density at radius 1 is 1.44 bits per heavy atom. The van der Waals surface area contributed by atoms with E-state index in [0.29, 0.717) is 17.5 Å². The number of hydrogen-bond acceptors (Lipinski definition) is 2. The number of carbonyl (C=O) groups is 1. The molecule has 3 atom stereocenters. The van der Waals surface area contributed by atoms with E-state index in [1.54, 1.807) is 4.90 Å². The van der Waals surface area contributed by atoms with Gasteiger partial charge in [-0.1, -0.05) is 23.7 Å². The van der Waals surface area contributed by atoms with Gasteiger partial charge in [-0.05, 0) is 24.5 Å². The van der Waals surface area contributed by atoms with E-state index in [0.717, 1.165) is 12.1 Å². The van der Waals surface area contributed by atoms with E-state index >= 15 is 0 Å². The van der Waals surface area contributed by atoms with Crippen molar-refractivity contribution >= 4 is 23.2 Å². The highest BCUT2D eigenvalue weighted by atomic mass is 35.5. The van der Waals surface area contributed by atoms with Gasteiger partial charge in [0, 0.05) is 12.5 Å². The van der Waals surface area contributed by atoms with Crippen LogP contribution in [0.15, 0.2) is 24.3 Å². The Labute approximate surface area is 99.2 Å². The van der Waals surface area contributed by atoms with Gasteiger partial charge in [-0.15, -0.1) is 0 Å². The zero-order valence-electron chi connectivity index (χ0n) is 8.77. The molecule has 0 radical (unpaired) electrons. The highest BCUT2D eigenvalue weighted by Crippen LogP contribution is 2.52. The minimum absolute atomic E-state index is 0.136. The Bertz CT molecular complexity index is 448. The van der Waals surface area contributed by atoms with Crippen LogP contribution >= 0.6 is 11.6 Å². The van der Waals surface area contributed by atoms with E-state index < -0.39 is 0 Å². The smallest absolute Gasteiger partial charge is 0.230 e. The molecule has 3 unspecified atom stereocenters. The molecule has 2 fully saturated rings. The zero-order chi connectivity index (χ0) is 11.3. The van der Waals surface area contributed by atoms with Crippen LogP contribution in [-0.4, -0.2) is 18.5 Å². The van der Waals surface area contributed by atoms with Crippen LogP contribution in [-0.2, 0) is 4.79 Å². The maximum absolute atomic E-state index is 12.1. The van der Waals surface area contributed by atoms with Gasteiger partial charge in [0.25, 0.3) is 0 Å². The van der Waals surface area contributed by atoms with E-state index in [-0.39, 0.29) is 17.9 Å². The second-order valence-electron chi connectivity index (χ2n) is 4.47. The first-order valence-corrected chi connectivity index (χ1v) is 5.89. The fourth-order valence-corrected chi connectivity index (χ4v) is 2.91. The van der Waals surface area contributed by atoms with Crippen LogP contribution in [0.4, 0.5) is 5.69 Å². The van der Waals surface area contributed by atoms with Crippen LogP contribution in [0.5, 0.6) is 0 Å². The summed E-state index contributed by atoms with van der Waals surface area (Å²) in [4.78, 5) is 13.9. The normalized spacial score (nSPS) is 31.8. The Hall–Kier alpha value is -1.06. The number of nitrogens with two attached hydrogens (primary N) is 1. The minimum atomic E-state index is 0.136. The summed E-state index contributed by atoms with van der Waals surface area (Å²) in [6, 6.07) is 7.59. The summed E-state index contributed by atoms with van der Waals surface area (Å²) >= 11 is 6.12. The molecule has 1 aliphatic carbocycles. The minimum Gasteiger partial charge on any atom is -0.328 e. The van der Waals surface area contributed by atoms with Crippen LogP contribution in [0.2, 0.25) is 5.02 Å². The quantitative estimate of drug-likeness (QED) is 0.849. The molecule has 4 heteroatoms. The van der Waals surface area contributed by atoms with Gasteiger partial charge in [-0.25, -0.2) is 0 Å². The molecule has 1 amide bonds. The first-order chi connectivity index (χ1) is 7.74. The molecule has 2 N–H and O–H groups in total. The number of carbonyl (C=O) groups excluding carboxylic acids is 1. The largest absolute Gasteiger partial charge is 0.328 e. The predicted octanol–water partition coefficient (Wildman–Crippen LogP) is 1.65. The lowest BCUT2D eigenvalue weighted by Gasteiger charge is -2.27. The lowest BCUT2D eigenvalue weighted by atomic mass is 10.1. The second-order valence-corrected chi connectivity index (χ2v) is 4.88. The summed E-state index contributed by atoms with van der Waals surface area (Å²) in [6.45, 7) is 0.512. The number of para-hydroxylation sites is 1. The molecule has 1 aromatic carbocycles. The molecule has 1 heterocycles. The van der Waals surface area contributed by atoms with Crippen molar-refractivity contribution in [2.45, 2.75) is 12.5 Å². The van der Waals surface area contributed by atoms with E-state index in [1.807, 2.05) is 24.3 Å². The van der Waals surface area contributed by atoms with Crippen LogP contribution in [0, 0.1) is 11.8 Å². The molecule has 1 aromatic rings. The number of anilines is 1. The van der Waals surface area contributed by atoms with Gasteiger partial charge in [0.15, 0.2) is 0 Å². The second kappa shape index (κ2) is 3.47. The first kappa shape index (κ1) is 10.1. The van der Waals surface area contributed by atoms with Crippen LogP contribution in [0.1, 0.15) is 6.42 Å². The molecule has 0 bridgehead atoms. The average Bonchev–Trinajstić information content (AvgIpc) is 3.01. The molecular formula is C12H13ClN2O. The fraction of sp³-hybridized carbons (Fsp3) is 0.417. The van der Waals surface area contributed by atoms with E-state index in [2.05, 4.69) is 0 Å². The molecule has 1 aliphatic heterocycles. The fourth-order valence-electron chi connectivity index (χ4n) is 2.68. The number of amides is 1. The Balaban J connectivity index is 2.00. The molecule has 0 aromatic heterocycles. The SMILES string of the molecule is NCC1C2CC2C(=O)N1c1ccccc1Cl. The third-order valence-electron chi connectivity index (χ3n) is 3.57. The van der Waals surface area contributed by atoms with Crippen LogP contribution < -0.4 is 10.6 Å². The number of piperidine rings is 1. The third-order valence-corrected chi connectivity index (χ3v) is 3.89. The summed E-state index contributed by atoms with van der Waals surface area (Å²) < 4.78 is 0. The maximum Gasteiger partial charge on any atom is 0.230 e. The number of benzene rings is 1. The number of hydrogen-bond donors (Lipinski definition) is 1. The van der Waals surface area contributed by atoms with Gasteiger partial charge < -0.3 is 10.6 Å². The summed E-state index contributed by atoms with van der Waals surface area (Å²) in [5.41, 5.74) is 6.56. The maximum atomic E-state index is 12.1. The van der Waals surface area contributed by atoms with E-state index in [1.165, 1.54) is 0 Å². The molecule has 1 saturated carbocycles. The monoisotopic (exact) mass is 236 g/mol. The molecule has 84 valence electrons. The summed E-state index contributed by atoms with van der Waals surface area (Å²) in [7, 11) is 0. The average molecular weight is 237 g/mol. The topological polar surface area (TPSA) is 46.3 Å². The number of rotatable bonds is 2. The molecule has 3 nitrogen and oxygen atoms in total. The highest BCUT2D eigenvalue weighted by Gasteiger charge is 2.58. The van der Waals surface area contributed by atoms with Crippen LogP contribution in [0.3, 0.4) is 0 Å². The van der Waals surface area contributed by atoms with Gasteiger partial charge in [-0.3, -0.25) is 4.79 Å². The lowest BCUT2D eigenvalue weighted by molar-refractivity contribution is -0.118. The Morgan fingerprint density at radius 2 is 2.19 bits per heavy atom. The lowest BCUT2D eigenvalue weighted by Crippen LogP contribution is -2.41. The molecule has 1 saturated heterocycles. The van der Waals surface area contributed by atoms with E-state index in [9.17, 15) is 4.79 Å². The standard InChI is InChI=1S/C12H13ClN2O/c13-9-3-1-2-4-10(9)15-11(6-14)7-5-8(7)12(15)16/h1-4,7-8,11H,5-6,14H2. The van der Waals surface area contributed by atoms with Crippen molar-refractivity contribution in [1.29, 1.82) is 0 Å². The van der Waals surface area contributed by atoms with Gasteiger partial charge in [0.1, 0.15) is 0 Å². The summed E-state index contributed by atoms with van der Waals surface area (Å²) in [6.07, 6.45) is 1.00. The van der Waals surface area contributed by atoms with Crippen molar-refractivity contribution in [3.63, 3.8) is 0 Å². The molecular weight excluding hydrogens is 224 g/mol. The summed E-state index contributed by atoms with van der Waals surface area (Å²) in [5.74, 6) is 0.840. The van der Waals surface area contributed by atoms with Crippen molar-refractivity contribution in [3.8, 4) is 0 Å².